The lowest BCUT2D eigenvalue weighted by molar-refractivity contribution is 0.0977. The van der Waals surface area contributed by atoms with Gasteiger partial charge < -0.3 is 5.73 Å². The maximum atomic E-state index is 13.0. The second kappa shape index (κ2) is 4.11. The molecule has 0 radical (unpaired) electrons. The number of carbonyl (C=O) groups excluding carboxylic acids is 1. The number of rotatable bonds is 2. The molecule has 0 spiro atoms. The fraction of sp³-hybridized carbons (Fsp3) is 0.143. The van der Waals surface area contributed by atoms with Crippen LogP contribution in [0.25, 0.3) is 0 Å². The molecule has 0 aliphatic heterocycles. The molecular weight excluding hydrogens is 312 g/mol. The lowest BCUT2D eigenvalue weighted by atomic mass is 10.2. The molecule has 14 heavy (non-hydrogen) atoms. The van der Waals surface area contributed by atoms with E-state index in [1.807, 2.05) is 0 Å². The predicted octanol–water partition coefficient (Wildman–Crippen LogP) is 1.86. The van der Waals surface area contributed by atoms with Gasteiger partial charge in [-0.25, -0.2) is 18.2 Å². The summed E-state index contributed by atoms with van der Waals surface area (Å²) in [5.74, 6) is -2.33. The summed E-state index contributed by atoms with van der Waals surface area (Å²) >= 11 is 1.57. The number of halogens is 4. The fourth-order valence-electron chi connectivity index (χ4n) is 0.904. The van der Waals surface area contributed by atoms with E-state index in [1.165, 1.54) is 0 Å². The fourth-order valence-corrected chi connectivity index (χ4v) is 1.44. The summed E-state index contributed by atoms with van der Waals surface area (Å²) in [6, 6.07) is 0.868. The molecule has 0 atom stereocenters. The summed E-state index contributed by atoms with van der Waals surface area (Å²) in [6.45, 7) is 0. The van der Waals surface area contributed by atoms with Crippen molar-refractivity contribution in [1.29, 1.82) is 0 Å². The minimum absolute atomic E-state index is 0.0420. The van der Waals surface area contributed by atoms with Crippen molar-refractivity contribution in [3.8, 4) is 0 Å². The molecule has 1 heterocycles. The van der Waals surface area contributed by atoms with E-state index in [4.69, 9.17) is 5.73 Å². The first-order valence-electron chi connectivity index (χ1n) is 3.37. The highest BCUT2D eigenvalue weighted by Gasteiger charge is 2.23. The van der Waals surface area contributed by atoms with Gasteiger partial charge in [0, 0.05) is 6.07 Å². The highest BCUT2D eigenvalue weighted by atomic mass is 127. The third-order valence-corrected chi connectivity index (χ3v) is 1.97. The zero-order valence-electron chi connectivity index (χ0n) is 6.60. The Morgan fingerprint density at radius 3 is 2.57 bits per heavy atom. The van der Waals surface area contributed by atoms with Gasteiger partial charge in [-0.1, -0.05) is 0 Å². The van der Waals surface area contributed by atoms with E-state index in [2.05, 4.69) is 4.98 Å². The Morgan fingerprint density at radius 2 is 2.14 bits per heavy atom. The monoisotopic (exact) mass is 316 g/mol. The summed E-state index contributed by atoms with van der Waals surface area (Å²) < 4.78 is 37.7. The molecule has 1 rings (SSSR count). The van der Waals surface area contributed by atoms with Crippen LogP contribution in [-0.4, -0.2) is 10.9 Å². The SMILES string of the molecule is NC(=O)c1c(F)cc(I)nc1C(F)F. The largest absolute Gasteiger partial charge is 0.365 e. The van der Waals surface area contributed by atoms with Gasteiger partial charge in [-0.15, -0.1) is 0 Å². The van der Waals surface area contributed by atoms with Gasteiger partial charge in [0.1, 0.15) is 20.8 Å². The first kappa shape index (κ1) is 11.2. The quantitative estimate of drug-likeness (QED) is 0.669. The lowest BCUT2D eigenvalue weighted by Gasteiger charge is -2.06. The molecule has 0 unspecified atom stereocenters. The Kier molecular flexibility index (Phi) is 3.29. The average molecular weight is 316 g/mol. The second-order valence-electron chi connectivity index (χ2n) is 2.35. The Hall–Kier alpha value is -0.860. The Bertz CT molecular complexity index is 383. The van der Waals surface area contributed by atoms with Gasteiger partial charge in [-0.2, -0.15) is 0 Å². The van der Waals surface area contributed by atoms with Crippen molar-refractivity contribution < 1.29 is 18.0 Å². The topological polar surface area (TPSA) is 56.0 Å². The van der Waals surface area contributed by atoms with Gasteiger partial charge in [-0.05, 0) is 22.6 Å². The van der Waals surface area contributed by atoms with Crippen molar-refractivity contribution in [3.63, 3.8) is 0 Å². The first-order chi connectivity index (χ1) is 6.43. The Morgan fingerprint density at radius 1 is 1.57 bits per heavy atom. The smallest absolute Gasteiger partial charge is 0.281 e. The molecule has 0 aliphatic carbocycles. The molecule has 0 saturated carbocycles. The van der Waals surface area contributed by atoms with Gasteiger partial charge in [0.15, 0.2) is 0 Å². The molecule has 7 heteroatoms. The molecule has 1 aromatic rings. The minimum atomic E-state index is -3.03. The first-order valence-corrected chi connectivity index (χ1v) is 4.45. The van der Waals surface area contributed by atoms with Crippen LogP contribution in [0.2, 0.25) is 0 Å². The van der Waals surface area contributed by atoms with Crippen LogP contribution in [0.1, 0.15) is 22.5 Å². The zero-order valence-corrected chi connectivity index (χ0v) is 8.76. The molecule has 0 aliphatic rings. The highest BCUT2D eigenvalue weighted by molar-refractivity contribution is 14.1. The van der Waals surface area contributed by atoms with Crippen molar-refractivity contribution in [2.24, 2.45) is 5.73 Å². The van der Waals surface area contributed by atoms with Crippen LogP contribution in [0.4, 0.5) is 13.2 Å². The molecule has 2 N–H and O–H groups in total. The van der Waals surface area contributed by atoms with Gasteiger partial charge >= 0.3 is 0 Å². The van der Waals surface area contributed by atoms with Crippen LogP contribution in [0, 0.1) is 9.52 Å². The summed E-state index contributed by atoms with van der Waals surface area (Å²) in [5.41, 5.74) is 2.99. The number of nitrogens with zero attached hydrogens (tertiary/aromatic N) is 1. The lowest BCUT2D eigenvalue weighted by Crippen LogP contribution is -2.18. The van der Waals surface area contributed by atoms with E-state index in [0.717, 1.165) is 6.07 Å². The minimum Gasteiger partial charge on any atom is -0.365 e. The third-order valence-electron chi connectivity index (χ3n) is 1.42. The van der Waals surface area contributed by atoms with E-state index in [-0.39, 0.29) is 3.70 Å². The number of alkyl halides is 2. The number of hydrogen-bond donors (Lipinski definition) is 1. The summed E-state index contributed by atoms with van der Waals surface area (Å²) in [7, 11) is 0. The van der Waals surface area contributed by atoms with E-state index in [9.17, 15) is 18.0 Å². The van der Waals surface area contributed by atoms with Crippen molar-refractivity contribution in [2.75, 3.05) is 0 Å². The normalized spacial score (nSPS) is 10.6. The molecule has 1 amide bonds. The molecule has 0 bridgehead atoms. The summed E-state index contributed by atoms with van der Waals surface area (Å²) in [6.07, 6.45) is -3.03. The second-order valence-corrected chi connectivity index (χ2v) is 3.46. The molecule has 0 saturated heterocycles. The van der Waals surface area contributed by atoms with Crippen LogP contribution >= 0.6 is 22.6 Å². The van der Waals surface area contributed by atoms with Crippen molar-refractivity contribution in [3.05, 3.63) is 26.8 Å². The van der Waals surface area contributed by atoms with E-state index in [0.29, 0.717) is 0 Å². The van der Waals surface area contributed by atoms with Crippen molar-refractivity contribution in [2.45, 2.75) is 6.43 Å². The number of nitrogens with two attached hydrogens (primary N) is 1. The zero-order chi connectivity index (χ0) is 10.9. The number of pyridine rings is 1. The summed E-state index contributed by atoms with van der Waals surface area (Å²) in [5, 5.41) is 0. The molecule has 0 fully saturated rings. The standard InChI is InChI=1S/C7H4F3IN2O/c8-2-1-3(11)13-5(6(9)10)4(2)7(12)14/h1,6H,(H2,12,14). The number of primary amides is 1. The molecule has 1 aromatic heterocycles. The maximum Gasteiger partial charge on any atom is 0.281 e. The van der Waals surface area contributed by atoms with Crippen LogP contribution in [-0.2, 0) is 0 Å². The van der Waals surface area contributed by atoms with E-state index in [1.54, 1.807) is 22.6 Å². The number of aromatic nitrogens is 1. The molecular formula is C7H4F3IN2O. The van der Waals surface area contributed by atoms with Gasteiger partial charge in [-0.3, -0.25) is 4.79 Å². The Labute approximate surface area is 90.6 Å². The molecule has 76 valence electrons. The molecule has 3 nitrogen and oxygen atoms in total. The third kappa shape index (κ3) is 2.14. The average Bonchev–Trinajstić information content (AvgIpc) is 2.01. The van der Waals surface area contributed by atoms with Gasteiger partial charge in [0.2, 0.25) is 0 Å². The molecule has 0 aromatic carbocycles. The van der Waals surface area contributed by atoms with Gasteiger partial charge in [0.25, 0.3) is 12.3 Å². The van der Waals surface area contributed by atoms with Gasteiger partial charge in [0.05, 0.1) is 0 Å². The van der Waals surface area contributed by atoms with E-state index >= 15 is 0 Å². The van der Waals surface area contributed by atoms with Crippen molar-refractivity contribution >= 4 is 28.5 Å². The highest BCUT2D eigenvalue weighted by Crippen LogP contribution is 2.23. The summed E-state index contributed by atoms with van der Waals surface area (Å²) in [4.78, 5) is 14.0. The van der Waals surface area contributed by atoms with Crippen LogP contribution in [0.15, 0.2) is 6.07 Å². The maximum absolute atomic E-state index is 13.0. The van der Waals surface area contributed by atoms with Crippen LogP contribution in [0.3, 0.4) is 0 Å². The van der Waals surface area contributed by atoms with Crippen LogP contribution < -0.4 is 5.73 Å². The Balaban J connectivity index is 3.44. The number of hydrogen-bond acceptors (Lipinski definition) is 2. The van der Waals surface area contributed by atoms with Crippen LogP contribution in [0.5, 0.6) is 0 Å². The van der Waals surface area contributed by atoms with E-state index < -0.39 is 29.4 Å². The predicted molar refractivity (Wildman–Crippen MR) is 50.4 cm³/mol. The number of carbonyl (C=O) groups is 1. The number of amides is 1. The van der Waals surface area contributed by atoms with Crippen molar-refractivity contribution in [1.82, 2.24) is 4.98 Å².